The molecule has 2 aliphatic rings. The van der Waals surface area contributed by atoms with Crippen molar-refractivity contribution in [1.82, 2.24) is 15.1 Å². The molecule has 2 aliphatic heterocycles. The van der Waals surface area contributed by atoms with E-state index in [9.17, 15) is 14.7 Å². The van der Waals surface area contributed by atoms with Crippen molar-refractivity contribution in [3.63, 3.8) is 0 Å². The number of likely N-dealkylation sites (N-methyl/N-ethyl adjacent to an activating group) is 1. The lowest BCUT2D eigenvalue weighted by atomic mass is 10.1. The molecular weight excluding hydrogens is 364 g/mol. The normalized spacial score (nSPS) is 23.1. The molecule has 2 N–H and O–H groups in total. The number of hydrogen-bond acceptors (Lipinski definition) is 6. The summed E-state index contributed by atoms with van der Waals surface area (Å²) in [6.45, 7) is 2.65. The number of unbranched alkanes of at least 4 members (excludes halogenated alkanes) is 1. The summed E-state index contributed by atoms with van der Waals surface area (Å²) in [4.78, 5) is 32.7. The molecule has 146 valence electrons. The first-order valence-corrected chi connectivity index (χ1v) is 10.4. The van der Waals surface area contributed by atoms with E-state index in [-0.39, 0.29) is 11.9 Å². The number of carbonyl (C=O) groups excluding carboxylic acids is 2. The Hall–Kier alpha value is -2.06. The quantitative estimate of drug-likeness (QED) is 0.708. The number of carbonyl (C=O) groups is 2. The van der Waals surface area contributed by atoms with Crippen LogP contribution in [0.5, 0.6) is 0 Å². The van der Waals surface area contributed by atoms with Crippen LogP contribution in [-0.2, 0) is 4.79 Å². The molecule has 3 amide bonds. The molecule has 1 fully saturated rings. The fraction of sp³-hybridized carbons (Fsp3) is 0.526. The SMILES string of the molecule is CCCCN1C(=O)NC(=O)C2C1N=C(CSCC(O)c1ccccc1)N2C. The second kappa shape index (κ2) is 8.75. The number of amidine groups is 1. The van der Waals surface area contributed by atoms with E-state index in [1.165, 1.54) is 0 Å². The highest BCUT2D eigenvalue weighted by molar-refractivity contribution is 7.99. The van der Waals surface area contributed by atoms with Gasteiger partial charge >= 0.3 is 6.03 Å². The van der Waals surface area contributed by atoms with Crippen LogP contribution in [-0.4, -0.2) is 70.0 Å². The van der Waals surface area contributed by atoms with Gasteiger partial charge in [-0.2, -0.15) is 11.8 Å². The smallest absolute Gasteiger partial charge is 0.325 e. The maximum atomic E-state index is 12.3. The van der Waals surface area contributed by atoms with Crippen LogP contribution in [0.1, 0.15) is 31.4 Å². The summed E-state index contributed by atoms with van der Waals surface area (Å²) in [5.41, 5.74) is 0.885. The molecule has 1 aromatic carbocycles. The Morgan fingerprint density at radius 3 is 2.74 bits per heavy atom. The van der Waals surface area contributed by atoms with Crippen LogP contribution in [0.2, 0.25) is 0 Å². The molecule has 1 aromatic rings. The fourth-order valence-electron chi connectivity index (χ4n) is 3.33. The number of thioether (sulfide) groups is 1. The minimum Gasteiger partial charge on any atom is -0.388 e. The van der Waals surface area contributed by atoms with Gasteiger partial charge in [-0.05, 0) is 12.0 Å². The molecule has 3 unspecified atom stereocenters. The van der Waals surface area contributed by atoms with E-state index < -0.39 is 18.3 Å². The lowest BCUT2D eigenvalue weighted by molar-refractivity contribution is -0.127. The predicted molar refractivity (Wildman–Crippen MR) is 107 cm³/mol. The summed E-state index contributed by atoms with van der Waals surface area (Å²) < 4.78 is 0. The zero-order valence-corrected chi connectivity index (χ0v) is 16.5. The number of fused-ring (bicyclic) bond motifs is 1. The van der Waals surface area contributed by atoms with Crippen LogP contribution in [0.25, 0.3) is 0 Å². The van der Waals surface area contributed by atoms with Crippen molar-refractivity contribution >= 4 is 29.5 Å². The van der Waals surface area contributed by atoms with Crippen molar-refractivity contribution in [1.29, 1.82) is 0 Å². The number of nitrogens with one attached hydrogen (secondary N) is 1. The van der Waals surface area contributed by atoms with E-state index in [0.29, 0.717) is 18.1 Å². The van der Waals surface area contributed by atoms with E-state index in [2.05, 4.69) is 17.2 Å². The lowest BCUT2D eigenvalue weighted by Crippen LogP contribution is -2.64. The van der Waals surface area contributed by atoms with Crippen LogP contribution in [0.15, 0.2) is 35.3 Å². The van der Waals surface area contributed by atoms with Gasteiger partial charge < -0.3 is 10.0 Å². The van der Waals surface area contributed by atoms with Gasteiger partial charge in [-0.3, -0.25) is 15.0 Å². The molecule has 3 atom stereocenters. The molecule has 3 rings (SSSR count). The van der Waals surface area contributed by atoms with Gasteiger partial charge in [0.1, 0.15) is 5.84 Å². The van der Waals surface area contributed by atoms with E-state index in [1.54, 1.807) is 16.7 Å². The Labute approximate surface area is 163 Å². The highest BCUT2D eigenvalue weighted by atomic mass is 32.2. The van der Waals surface area contributed by atoms with Crippen LogP contribution >= 0.6 is 11.8 Å². The number of benzene rings is 1. The third-order valence-electron chi connectivity index (χ3n) is 4.91. The van der Waals surface area contributed by atoms with Gasteiger partial charge in [0.05, 0.1) is 11.9 Å². The maximum Gasteiger partial charge on any atom is 0.325 e. The van der Waals surface area contributed by atoms with Gasteiger partial charge in [0.2, 0.25) is 0 Å². The standard InChI is InChI=1S/C19H26N4O3S/c1-3-4-10-23-17-16(18(25)21-19(23)26)22(2)15(20-17)12-27-11-14(24)13-8-6-5-7-9-13/h5-9,14,16-17,24H,3-4,10-12H2,1-2H3,(H,21,25,26). The first-order valence-electron chi connectivity index (χ1n) is 9.24. The Balaban J connectivity index is 1.63. The minimum atomic E-state index is -0.545. The minimum absolute atomic E-state index is 0.298. The van der Waals surface area contributed by atoms with Crippen molar-refractivity contribution in [3.05, 3.63) is 35.9 Å². The topological polar surface area (TPSA) is 85.2 Å². The third-order valence-corrected chi connectivity index (χ3v) is 5.92. The summed E-state index contributed by atoms with van der Waals surface area (Å²) >= 11 is 1.57. The van der Waals surface area contributed by atoms with Crippen molar-refractivity contribution in [2.24, 2.45) is 4.99 Å². The fourth-order valence-corrected chi connectivity index (χ4v) is 4.33. The number of aliphatic imine (C=N–C) groups is 1. The summed E-state index contributed by atoms with van der Waals surface area (Å²) in [6, 6.07) is 8.70. The molecule has 27 heavy (non-hydrogen) atoms. The third kappa shape index (κ3) is 4.27. The molecule has 0 saturated carbocycles. The number of hydrogen-bond donors (Lipinski definition) is 2. The van der Waals surface area contributed by atoms with Gasteiger partial charge in [0.15, 0.2) is 12.2 Å². The molecule has 8 heteroatoms. The number of aliphatic hydroxyl groups is 1. The summed E-state index contributed by atoms with van der Waals surface area (Å²) in [6.07, 6.45) is 0.834. The first kappa shape index (κ1) is 19.7. The highest BCUT2D eigenvalue weighted by Crippen LogP contribution is 2.26. The Kier molecular flexibility index (Phi) is 6.38. The van der Waals surface area contributed by atoms with E-state index in [4.69, 9.17) is 0 Å². The molecule has 2 heterocycles. The Morgan fingerprint density at radius 1 is 1.30 bits per heavy atom. The average molecular weight is 391 g/mol. The van der Waals surface area contributed by atoms with E-state index >= 15 is 0 Å². The number of aliphatic hydroxyl groups excluding tert-OH is 1. The number of urea groups is 1. The maximum absolute atomic E-state index is 12.3. The van der Waals surface area contributed by atoms with Gasteiger partial charge in [-0.25, -0.2) is 9.79 Å². The largest absolute Gasteiger partial charge is 0.388 e. The number of amides is 3. The van der Waals surface area contributed by atoms with Crippen LogP contribution in [0, 0.1) is 0 Å². The highest BCUT2D eigenvalue weighted by Gasteiger charge is 2.47. The predicted octanol–water partition coefficient (Wildman–Crippen LogP) is 1.84. The average Bonchev–Trinajstić information content (AvgIpc) is 2.99. The van der Waals surface area contributed by atoms with Crippen molar-refractivity contribution in [2.45, 2.75) is 38.1 Å². The van der Waals surface area contributed by atoms with Gasteiger partial charge in [0, 0.05) is 19.3 Å². The molecule has 0 radical (unpaired) electrons. The second-order valence-corrected chi connectivity index (χ2v) is 7.83. The summed E-state index contributed by atoms with van der Waals surface area (Å²) in [7, 11) is 1.84. The Morgan fingerprint density at radius 2 is 2.04 bits per heavy atom. The molecular formula is C19H26N4O3S. The van der Waals surface area contributed by atoms with E-state index in [0.717, 1.165) is 24.2 Å². The van der Waals surface area contributed by atoms with Crippen LogP contribution < -0.4 is 5.32 Å². The molecule has 0 spiro atoms. The van der Waals surface area contributed by atoms with Crippen molar-refractivity contribution < 1.29 is 14.7 Å². The molecule has 0 aromatic heterocycles. The zero-order chi connectivity index (χ0) is 19.4. The summed E-state index contributed by atoms with van der Waals surface area (Å²) in [5.74, 6) is 1.60. The Bertz CT molecular complexity index is 712. The molecule has 0 bridgehead atoms. The molecule has 1 saturated heterocycles. The molecule has 0 aliphatic carbocycles. The molecule has 7 nitrogen and oxygen atoms in total. The van der Waals surface area contributed by atoms with Crippen molar-refractivity contribution in [3.8, 4) is 0 Å². The summed E-state index contributed by atoms with van der Waals surface area (Å²) in [5, 5.41) is 12.7. The number of rotatable bonds is 8. The second-order valence-electron chi connectivity index (χ2n) is 6.80. The van der Waals surface area contributed by atoms with Crippen molar-refractivity contribution in [2.75, 3.05) is 25.1 Å². The monoisotopic (exact) mass is 390 g/mol. The zero-order valence-electron chi connectivity index (χ0n) is 15.7. The first-order chi connectivity index (χ1) is 13.0. The number of nitrogens with zero attached hydrogens (tertiary/aromatic N) is 3. The van der Waals surface area contributed by atoms with E-state index in [1.807, 2.05) is 42.3 Å². The number of imide groups is 1. The van der Waals surface area contributed by atoms with Crippen LogP contribution in [0.3, 0.4) is 0 Å². The lowest BCUT2D eigenvalue weighted by Gasteiger charge is -2.37. The van der Waals surface area contributed by atoms with Gasteiger partial charge in [-0.1, -0.05) is 43.7 Å². The van der Waals surface area contributed by atoms with Gasteiger partial charge in [-0.15, -0.1) is 0 Å². The van der Waals surface area contributed by atoms with Gasteiger partial charge in [0.25, 0.3) is 5.91 Å². The van der Waals surface area contributed by atoms with Crippen LogP contribution in [0.4, 0.5) is 4.79 Å².